The van der Waals surface area contributed by atoms with Gasteiger partial charge in [0.2, 0.25) is 0 Å². The van der Waals surface area contributed by atoms with Gasteiger partial charge in [-0.05, 0) is 39.0 Å². The summed E-state index contributed by atoms with van der Waals surface area (Å²) in [6.45, 7) is 7.55. The van der Waals surface area contributed by atoms with E-state index in [9.17, 15) is 10.2 Å². The minimum Gasteiger partial charge on any atom is -0.390 e. The van der Waals surface area contributed by atoms with Crippen molar-refractivity contribution in [2.24, 2.45) is 5.92 Å². The van der Waals surface area contributed by atoms with Crippen LogP contribution in [0.3, 0.4) is 0 Å². The molecule has 0 radical (unpaired) electrons. The Hall–Kier alpha value is -0.340. The highest BCUT2D eigenvalue weighted by Crippen LogP contribution is 2.34. The van der Waals surface area contributed by atoms with Gasteiger partial charge in [0.05, 0.1) is 11.7 Å². The molecule has 1 saturated carbocycles. The second kappa shape index (κ2) is 3.19. The van der Waals surface area contributed by atoms with Crippen LogP contribution in [0.2, 0.25) is 0 Å². The number of aliphatic hydroxyl groups is 2. The van der Waals surface area contributed by atoms with Crippen LogP contribution in [0.4, 0.5) is 0 Å². The summed E-state index contributed by atoms with van der Waals surface area (Å²) < 4.78 is 0. The molecule has 2 heteroatoms. The van der Waals surface area contributed by atoms with Gasteiger partial charge < -0.3 is 10.2 Å². The Morgan fingerprint density at radius 3 is 2.58 bits per heavy atom. The van der Waals surface area contributed by atoms with E-state index in [2.05, 4.69) is 6.58 Å². The predicted octanol–water partition coefficient (Wildman–Crippen LogP) is 1.47. The van der Waals surface area contributed by atoms with Crippen molar-refractivity contribution < 1.29 is 10.2 Å². The van der Waals surface area contributed by atoms with Crippen LogP contribution in [0.25, 0.3) is 0 Å². The maximum absolute atomic E-state index is 9.66. The first-order valence-corrected chi connectivity index (χ1v) is 4.49. The summed E-state index contributed by atoms with van der Waals surface area (Å²) in [4.78, 5) is 0. The Morgan fingerprint density at radius 1 is 1.58 bits per heavy atom. The maximum atomic E-state index is 9.66. The number of allylic oxidation sites excluding steroid dienone is 1. The van der Waals surface area contributed by atoms with Crippen LogP contribution in [0.5, 0.6) is 0 Å². The molecule has 1 rings (SSSR count). The highest BCUT2D eigenvalue weighted by atomic mass is 16.3. The molecule has 0 saturated heterocycles. The molecule has 0 aromatic rings. The number of aliphatic hydroxyl groups excluding tert-OH is 1. The summed E-state index contributed by atoms with van der Waals surface area (Å²) in [6.07, 6.45) is 1.68. The van der Waals surface area contributed by atoms with Crippen LogP contribution in [0.15, 0.2) is 12.2 Å². The Morgan fingerprint density at radius 2 is 2.17 bits per heavy atom. The van der Waals surface area contributed by atoms with Gasteiger partial charge in [0.1, 0.15) is 0 Å². The summed E-state index contributed by atoms with van der Waals surface area (Å²) in [7, 11) is 0. The van der Waals surface area contributed by atoms with Crippen molar-refractivity contribution in [1.29, 1.82) is 0 Å². The van der Waals surface area contributed by atoms with Crippen LogP contribution in [0.1, 0.15) is 33.1 Å². The lowest BCUT2D eigenvalue weighted by Crippen LogP contribution is -2.44. The van der Waals surface area contributed by atoms with Crippen molar-refractivity contribution in [3.8, 4) is 0 Å². The van der Waals surface area contributed by atoms with E-state index >= 15 is 0 Å². The van der Waals surface area contributed by atoms with Crippen molar-refractivity contribution in [3.63, 3.8) is 0 Å². The van der Waals surface area contributed by atoms with E-state index in [1.54, 1.807) is 6.92 Å². The molecule has 0 bridgehead atoms. The molecular weight excluding hydrogens is 152 g/mol. The van der Waals surface area contributed by atoms with Gasteiger partial charge in [0.15, 0.2) is 0 Å². The Labute approximate surface area is 73.9 Å². The largest absolute Gasteiger partial charge is 0.390 e. The summed E-state index contributed by atoms with van der Waals surface area (Å²) in [5.74, 6) is 0.389. The fourth-order valence-corrected chi connectivity index (χ4v) is 1.72. The van der Waals surface area contributed by atoms with Crippen LogP contribution in [0, 0.1) is 5.92 Å². The van der Waals surface area contributed by atoms with Gasteiger partial charge in [-0.25, -0.2) is 0 Å². The molecule has 2 N–H and O–H groups in total. The molecule has 1 aliphatic carbocycles. The number of rotatable bonds is 1. The third-order valence-corrected chi connectivity index (χ3v) is 2.92. The fraction of sp³-hybridized carbons (Fsp3) is 0.800. The van der Waals surface area contributed by atoms with Crippen molar-refractivity contribution >= 4 is 0 Å². The van der Waals surface area contributed by atoms with Gasteiger partial charge in [-0.15, -0.1) is 0 Å². The van der Waals surface area contributed by atoms with Gasteiger partial charge in [0.25, 0.3) is 0 Å². The molecule has 0 spiro atoms. The van der Waals surface area contributed by atoms with E-state index in [0.717, 1.165) is 12.0 Å². The van der Waals surface area contributed by atoms with Crippen LogP contribution in [-0.2, 0) is 0 Å². The molecule has 70 valence electrons. The number of hydrogen-bond acceptors (Lipinski definition) is 2. The monoisotopic (exact) mass is 170 g/mol. The molecule has 0 unspecified atom stereocenters. The lowest BCUT2D eigenvalue weighted by molar-refractivity contribution is -0.0952. The first-order chi connectivity index (χ1) is 5.43. The predicted molar refractivity (Wildman–Crippen MR) is 48.8 cm³/mol. The number of hydrogen-bond donors (Lipinski definition) is 2. The van der Waals surface area contributed by atoms with Crippen LogP contribution in [-0.4, -0.2) is 21.9 Å². The quantitative estimate of drug-likeness (QED) is 0.585. The molecule has 0 aliphatic heterocycles. The summed E-state index contributed by atoms with van der Waals surface area (Å²) in [6, 6.07) is 0. The molecule has 3 atom stereocenters. The van der Waals surface area contributed by atoms with E-state index in [1.807, 2.05) is 6.92 Å². The molecule has 2 nitrogen and oxygen atoms in total. The van der Waals surface area contributed by atoms with Gasteiger partial charge in [-0.2, -0.15) is 0 Å². The maximum Gasteiger partial charge on any atom is 0.0877 e. The second-order valence-electron chi connectivity index (χ2n) is 4.19. The van der Waals surface area contributed by atoms with Crippen LogP contribution < -0.4 is 0 Å². The Kier molecular flexibility index (Phi) is 2.59. The van der Waals surface area contributed by atoms with E-state index in [4.69, 9.17) is 0 Å². The third kappa shape index (κ3) is 1.87. The molecular formula is C10H18O2. The summed E-state index contributed by atoms with van der Waals surface area (Å²) >= 11 is 0. The first-order valence-electron chi connectivity index (χ1n) is 4.49. The molecule has 0 aromatic heterocycles. The van der Waals surface area contributed by atoms with Crippen molar-refractivity contribution in [2.75, 3.05) is 0 Å². The highest BCUT2D eigenvalue weighted by molar-refractivity contribution is 5.02. The van der Waals surface area contributed by atoms with Crippen molar-refractivity contribution in [3.05, 3.63) is 12.2 Å². The average Bonchev–Trinajstić information content (AvgIpc) is 1.94. The summed E-state index contributed by atoms with van der Waals surface area (Å²) in [5.41, 5.74) is 0.232. The highest BCUT2D eigenvalue weighted by Gasteiger charge is 2.37. The third-order valence-electron chi connectivity index (χ3n) is 2.92. The minimum absolute atomic E-state index is 0.389. The first kappa shape index (κ1) is 9.75. The zero-order chi connectivity index (χ0) is 9.35. The summed E-state index contributed by atoms with van der Waals surface area (Å²) in [5, 5.41) is 19.2. The molecule has 0 heterocycles. The molecule has 1 fully saturated rings. The standard InChI is InChI=1S/C10H18O2/c1-7(2)8-4-5-10(3,12)9(11)6-8/h8-9,11-12H,1,4-6H2,2-3H3/t8-,9-,10+/m1/s1. The molecule has 0 aromatic carbocycles. The molecule has 12 heavy (non-hydrogen) atoms. The van der Waals surface area contributed by atoms with Crippen LogP contribution >= 0.6 is 0 Å². The molecule has 1 aliphatic rings. The second-order valence-corrected chi connectivity index (χ2v) is 4.19. The minimum atomic E-state index is -0.883. The Balaban J connectivity index is 2.58. The van der Waals surface area contributed by atoms with E-state index < -0.39 is 11.7 Å². The normalized spacial score (nSPS) is 42.7. The lowest BCUT2D eigenvalue weighted by atomic mass is 9.75. The van der Waals surface area contributed by atoms with Gasteiger partial charge in [0, 0.05) is 0 Å². The molecule has 0 amide bonds. The SMILES string of the molecule is C=C(C)[C@@H]1CC[C@](C)(O)[C@H](O)C1. The Bertz CT molecular complexity index is 184. The zero-order valence-corrected chi connectivity index (χ0v) is 7.88. The van der Waals surface area contributed by atoms with E-state index in [-0.39, 0.29) is 0 Å². The van der Waals surface area contributed by atoms with Gasteiger partial charge in [-0.3, -0.25) is 0 Å². The lowest BCUT2D eigenvalue weighted by Gasteiger charge is -2.38. The van der Waals surface area contributed by atoms with E-state index in [0.29, 0.717) is 18.8 Å². The average molecular weight is 170 g/mol. The smallest absolute Gasteiger partial charge is 0.0877 e. The van der Waals surface area contributed by atoms with Crippen molar-refractivity contribution in [1.82, 2.24) is 0 Å². The van der Waals surface area contributed by atoms with Crippen molar-refractivity contribution in [2.45, 2.75) is 44.8 Å². The zero-order valence-electron chi connectivity index (χ0n) is 7.88. The fourth-order valence-electron chi connectivity index (χ4n) is 1.72. The van der Waals surface area contributed by atoms with Gasteiger partial charge >= 0.3 is 0 Å². The van der Waals surface area contributed by atoms with Gasteiger partial charge in [-0.1, -0.05) is 12.2 Å². The van der Waals surface area contributed by atoms with E-state index in [1.165, 1.54) is 0 Å². The topological polar surface area (TPSA) is 40.5 Å².